The van der Waals surface area contributed by atoms with Crippen molar-refractivity contribution < 1.29 is 4.74 Å². The molecule has 3 aromatic rings. The molecule has 0 saturated heterocycles. The van der Waals surface area contributed by atoms with Crippen LogP contribution in [0.1, 0.15) is 12.6 Å². The van der Waals surface area contributed by atoms with Gasteiger partial charge in [0.2, 0.25) is 0 Å². The minimum absolute atomic E-state index is 0.146. The van der Waals surface area contributed by atoms with Crippen LogP contribution in [0, 0.1) is 6.92 Å². The second-order valence-electron chi connectivity index (χ2n) is 5.09. The maximum absolute atomic E-state index is 12.4. The Morgan fingerprint density at radius 3 is 2.50 bits per heavy atom. The number of ether oxygens (including phenoxy) is 1. The van der Waals surface area contributed by atoms with Gasteiger partial charge in [-0.25, -0.2) is 0 Å². The van der Waals surface area contributed by atoms with Gasteiger partial charge in [0.25, 0.3) is 11.1 Å². The number of rotatable bonds is 3. The molecule has 22 heavy (non-hydrogen) atoms. The molecule has 3 rings (SSSR count). The monoisotopic (exact) mass is 299 g/mol. The SMILES string of the molecule is CCOc1ccc(-n2c(C)c3c(=O)n(C)[nH]c3cc2=O)cc1. The summed E-state index contributed by atoms with van der Waals surface area (Å²) in [6.07, 6.45) is 0. The number of benzene rings is 1. The van der Waals surface area contributed by atoms with Gasteiger partial charge < -0.3 is 4.74 Å². The lowest BCUT2D eigenvalue weighted by Crippen LogP contribution is -2.21. The van der Waals surface area contributed by atoms with Crippen molar-refractivity contribution in [1.82, 2.24) is 14.3 Å². The molecule has 0 amide bonds. The van der Waals surface area contributed by atoms with Gasteiger partial charge in [0.15, 0.2) is 0 Å². The maximum Gasteiger partial charge on any atom is 0.275 e. The molecular weight excluding hydrogens is 282 g/mol. The molecule has 0 saturated carbocycles. The number of nitrogens with zero attached hydrogens (tertiary/aromatic N) is 2. The van der Waals surface area contributed by atoms with Crippen molar-refractivity contribution in [3.05, 3.63) is 56.7 Å². The lowest BCUT2D eigenvalue weighted by atomic mass is 10.2. The van der Waals surface area contributed by atoms with Gasteiger partial charge in [-0.1, -0.05) is 0 Å². The fourth-order valence-corrected chi connectivity index (χ4v) is 2.67. The second kappa shape index (κ2) is 5.22. The van der Waals surface area contributed by atoms with E-state index in [1.54, 1.807) is 14.0 Å². The van der Waals surface area contributed by atoms with Crippen molar-refractivity contribution in [2.24, 2.45) is 7.05 Å². The second-order valence-corrected chi connectivity index (χ2v) is 5.09. The first-order valence-electron chi connectivity index (χ1n) is 7.07. The van der Waals surface area contributed by atoms with Crippen LogP contribution < -0.4 is 15.9 Å². The molecule has 0 unspecified atom stereocenters. The highest BCUT2D eigenvalue weighted by atomic mass is 16.5. The van der Waals surface area contributed by atoms with Crippen LogP contribution in [0.15, 0.2) is 39.9 Å². The summed E-state index contributed by atoms with van der Waals surface area (Å²) in [7, 11) is 1.63. The van der Waals surface area contributed by atoms with Gasteiger partial charge in [0.05, 0.1) is 17.5 Å². The number of aromatic nitrogens is 3. The Hall–Kier alpha value is -2.76. The van der Waals surface area contributed by atoms with E-state index in [9.17, 15) is 9.59 Å². The van der Waals surface area contributed by atoms with Gasteiger partial charge in [0.1, 0.15) is 5.75 Å². The van der Waals surface area contributed by atoms with E-state index in [1.807, 2.05) is 31.2 Å². The van der Waals surface area contributed by atoms with Crippen molar-refractivity contribution in [3.8, 4) is 11.4 Å². The molecule has 0 aliphatic carbocycles. The Morgan fingerprint density at radius 2 is 1.86 bits per heavy atom. The smallest absolute Gasteiger partial charge is 0.275 e. The molecule has 0 radical (unpaired) electrons. The number of aromatic amines is 1. The Balaban J connectivity index is 2.24. The molecular formula is C16H17N3O3. The molecule has 0 bridgehead atoms. The van der Waals surface area contributed by atoms with Crippen molar-refractivity contribution in [2.45, 2.75) is 13.8 Å². The number of H-pyrrole nitrogens is 1. The lowest BCUT2D eigenvalue weighted by Gasteiger charge is -2.11. The first kappa shape index (κ1) is 14.2. The first-order valence-corrected chi connectivity index (χ1v) is 7.07. The van der Waals surface area contributed by atoms with Crippen molar-refractivity contribution in [3.63, 3.8) is 0 Å². The highest BCUT2D eigenvalue weighted by Crippen LogP contribution is 2.18. The third-order valence-corrected chi connectivity index (χ3v) is 3.67. The van der Waals surface area contributed by atoms with Crippen LogP contribution in [0.5, 0.6) is 5.75 Å². The average molecular weight is 299 g/mol. The molecule has 114 valence electrons. The molecule has 0 fully saturated rings. The highest BCUT2D eigenvalue weighted by molar-refractivity contribution is 5.80. The van der Waals surface area contributed by atoms with Crippen LogP contribution in [-0.4, -0.2) is 21.0 Å². The Morgan fingerprint density at radius 1 is 1.18 bits per heavy atom. The van der Waals surface area contributed by atoms with E-state index >= 15 is 0 Å². The number of nitrogens with one attached hydrogen (secondary N) is 1. The summed E-state index contributed by atoms with van der Waals surface area (Å²) < 4.78 is 8.31. The van der Waals surface area contributed by atoms with E-state index in [1.165, 1.54) is 15.3 Å². The molecule has 0 atom stereocenters. The molecule has 6 nitrogen and oxygen atoms in total. The van der Waals surface area contributed by atoms with Crippen LogP contribution in [0.25, 0.3) is 16.6 Å². The van der Waals surface area contributed by atoms with Gasteiger partial charge in [-0.05, 0) is 38.1 Å². The third kappa shape index (κ3) is 2.13. The van der Waals surface area contributed by atoms with E-state index in [-0.39, 0.29) is 11.1 Å². The lowest BCUT2D eigenvalue weighted by molar-refractivity contribution is 0.340. The number of fused-ring (bicyclic) bond motifs is 1. The number of hydrogen-bond acceptors (Lipinski definition) is 3. The quantitative estimate of drug-likeness (QED) is 0.800. The summed E-state index contributed by atoms with van der Waals surface area (Å²) in [6.45, 7) is 4.28. The number of pyridine rings is 1. The van der Waals surface area contributed by atoms with Crippen molar-refractivity contribution >= 4 is 10.9 Å². The Bertz CT molecular complexity index is 946. The normalized spacial score (nSPS) is 11.0. The molecule has 6 heteroatoms. The zero-order valence-corrected chi connectivity index (χ0v) is 12.7. The van der Waals surface area contributed by atoms with E-state index in [4.69, 9.17) is 4.74 Å². The standard InChI is InChI=1S/C16H17N3O3/c1-4-22-12-7-5-11(6-8-12)19-10(2)15-13(9-14(19)20)17-18(3)16(15)21/h5-9,17H,4H2,1-3H3. The fraction of sp³-hybridized carbons (Fsp3) is 0.250. The largest absolute Gasteiger partial charge is 0.494 e. The molecule has 2 heterocycles. The van der Waals surface area contributed by atoms with Gasteiger partial charge in [-0.3, -0.25) is 23.9 Å². The summed E-state index contributed by atoms with van der Waals surface area (Å²) in [5, 5.41) is 3.41. The van der Waals surface area contributed by atoms with Crippen molar-refractivity contribution in [1.29, 1.82) is 0 Å². The predicted octanol–water partition coefficient (Wildman–Crippen LogP) is 1.72. The van der Waals surface area contributed by atoms with Crippen molar-refractivity contribution in [2.75, 3.05) is 6.61 Å². The Labute approximate surface area is 126 Å². The van der Waals surface area contributed by atoms with E-state index in [0.717, 1.165) is 5.75 Å². The van der Waals surface area contributed by atoms with Crippen LogP contribution >= 0.6 is 0 Å². The van der Waals surface area contributed by atoms with E-state index in [2.05, 4.69) is 5.10 Å². The molecule has 0 aliphatic heterocycles. The maximum atomic E-state index is 12.4. The zero-order valence-electron chi connectivity index (χ0n) is 12.7. The summed E-state index contributed by atoms with van der Waals surface area (Å²) >= 11 is 0. The zero-order chi connectivity index (χ0) is 15.9. The molecule has 1 aromatic carbocycles. The minimum atomic E-state index is -0.184. The fourth-order valence-electron chi connectivity index (χ4n) is 2.67. The molecule has 2 aromatic heterocycles. The van der Waals surface area contributed by atoms with Crippen LogP contribution in [0.4, 0.5) is 0 Å². The van der Waals surface area contributed by atoms with Gasteiger partial charge in [-0.2, -0.15) is 0 Å². The van der Waals surface area contributed by atoms with E-state index < -0.39 is 0 Å². The third-order valence-electron chi connectivity index (χ3n) is 3.67. The Kier molecular flexibility index (Phi) is 3.36. The molecule has 0 spiro atoms. The summed E-state index contributed by atoms with van der Waals surface area (Å²) in [5.74, 6) is 0.746. The first-order chi connectivity index (χ1) is 10.5. The summed E-state index contributed by atoms with van der Waals surface area (Å²) in [5.41, 5.74) is 1.55. The van der Waals surface area contributed by atoms with Crippen LogP contribution in [0.2, 0.25) is 0 Å². The molecule has 0 aliphatic rings. The van der Waals surface area contributed by atoms with Crippen LogP contribution in [-0.2, 0) is 7.05 Å². The number of aryl methyl sites for hydroxylation is 2. The highest BCUT2D eigenvalue weighted by Gasteiger charge is 2.13. The molecule has 1 N–H and O–H groups in total. The summed E-state index contributed by atoms with van der Waals surface area (Å²) in [6, 6.07) is 8.68. The number of hydrogen-bond donors (Lipinski definition) is 1. The van der Waals surface area contributed by atoms with Crippen LogP contribution in [0.3, 0.4) is 0 Å². The summed E-state index contributed by atoms with van der Waals surface area (Å²) in [4.78, 5) is 24.6. The predicted molar refractivity (Wildman–Crippen MR) is 85.0 cm³/mol. The minimum Gasteiger partial charge on any atom is -0.494 e. The van der Waals surface area contributed by atoms with Gasteiger partial charge in [-0.15, -0.1) is 0 Å². The topological polar surface area (TPSA) is 69.0 Å². The van der Waals surface area contributed by atoms with Gasteiger partial charge in [0, 0.05) is 24.5 Å². The average Bonchev–Trinajstić information content (AvgIpc) is 2.76. The van der Waals surface area contributed by atoms with Gasteiger partial charge >= 0.3 is 0 Å². The van der Waals surface area contributed by atoms with E-state index in [0.29, 0.717) is 28.9 Å².